The van der Waals surface area contributed by atoms with Crippen LogP contribution in [0.3, 0.4) is 0 Å². The molecule has 0 bridgehead atoms. The van der Waals surface area contributed by atoms with Crippen LogP contribution in [0, 0.1) is 5.92 Å². The van der Waals surface area contributed by atoms with Gasteiger partial charge in [0, 0.05) is 38.9 Å². The largest absolute Gasteiger partial charge is 0.374 e. The molecule has 144 valence electrons. The topological polar surface area (TPSA) is 82.7 Å². The molecule has 0 radical (unpaired) electrons. The molecule has 0 spiro atoms. The number of urea groups is 1. The van der Waals surface area contributed by atoms with Crippen LogP contribution in [0.25, 0.3) is 0 Å². The quantitative estimate of drug-likeness (QED) is 0.704. The lowest BCUT2D eigenvalue weighted by molar-refractivity contribution is -0.0288. The molecule has 7 nitrogen and oxygen atoms in total. The third-order valence-electron chi connectivity index (χ3n) is 4.04. The Labute approximate surface area is 159 Å². The van der Waals surface area contributed by atoms with Crippen molar-refractivity contribution in [2.24, 2.45) is 5.92 Å². The van der Waals surface area contributed by atoms with Gasteiger partial charge in [-0.2, -0.15) is 0 Å². The maximum absolute atomic E-state index is 12.1. The molecule has 3 amide bonds. The number of nitrogens with zero attached hydrogens (tertiary/aromatic N) is 1. The van der Waals surface area contributed by atoms with Gasteiger partial charge in [-0.05, 0) is 24.1 Å². The predicted octanol–water partition coefficient (Wildman–Crippen LogP) is 2.18. The molecule has 0 aliphatic carbocycles. The number of hydrogen-bond acceptors (Lipinski definition) is 4. The molecule has 1 aliphatic heterocycles. The van der Waals surface area contributed by atoms with Gasteiger partial charge in [-0.15, -0.1) is 0 Å². The summed E-state index contributed by atoms with van der Waals surface area (Å²) in [5.74, 6) is 0.332. The van der Waals surface area contributed by atoms with Crippen molar-refractivity contribution in [1.29, 1.82) is 0 Å². The SMILES string of the molecule is CNC(=O)c1ccc(NC(=O)NCC2CN(CC(C)C)CCO2)cc1Cl. The molecule has 3 N–H and O–H groups in total. The van der Waals surface area contributed by atoms with Crippen LogP contribution < -0.4 is 16.0 Å². The minimum atomic E-state index is -0.335. The summed E-state index contributed by atoms with van der Waals surface area (Å²) in [6.07, 6.45) is -0.0209. The summed E-state index contributed by atoms with van der Waals surface area (Å²) in [4.78, 5) is 26.1. The van der Waals surface area contributed by atoms with E-state index in [9.17, 15) is 9.59 Å². The Morgan fingerprint density at radius 1 is 1.38 bits per heavy atom. The highest BCUT2D eigenvalue weighted by molar-refractivity contribution is 6.34. The molecule has 1 saturated heterocycles. The molecule has 1 aromatic carbocycles. The summed E-state index contributed by atoms with van der Waals surface area (Å²) in [5.41, 5.74) is 0.882. The van der Waals surface area contributed by atoms with Gasteiger partial charge in [0.1, 0.15) is 0 Å². The molecule has 8 heteroatoms. The second kappa shape index (κ2) is 9.75. The number of benzene rings is 1. The lowest BCUT2D eigenvalue weighted by atomic mass is 10.2. The first-order valence-corrected chi connectivity index (χ1v) is 9.17. The van der Waals surface area contributed by atoms with Gasteiger partial charge in [0.2, 0.25) is 0 Å². The van der Waals surface area contributed by atoms with E-state index in [4.69, 9.17) is 16.3 Å². The molecular weight excluding hydrogens is 356 g/mol. The molecule has 1 fully saturated rings. The van der Waals surface area contributed by atoms with Gasteiger partial charge in [-0.3, -0.25) is 9.69 Å². The fourth-order valence-electron chi connectivity index (χ4n) is 2.88. The summed E-state index contributed by atoms with van der Waals surface area (Å²) in [6.45, 7) is 8.26. The molecule has 1 unspecified atom stereocenters. The summed E-state index contributed by atoms with van der Waals surface area (Å²) < 4.78 is 5.71. The van der Waals surface area contributed by atoms with Gasteiger partial charge in [0.25, 0.3) is 5.91 Å². The summed E-state index contributed by atoms with van der Waals surface area (Å²) in [7, 11) is 1.54. The Morgan fingerprint density at radius 2 is 2.15 bits per heavy atom. The van der Waals surface area contributed by atoms with Crippen molar-refractivity contribution in [3.8, 4) is 0 Å². The smallest absolute Gasteiger partial charge is 0.319 e. The Kier molecular flexibility index (Phi) is 7.68. The zero-order valence-electron chi connectivity index (χ0n) is 15.5. The molecule has 1 atom stereocenters. The number of hydrogen-bond donors (Lipinski definition) is 3. The Bertz CT molecular complexity index is 639. The van der Waals surface area contributed by atoms with Crippen molar-refractivity contribution in [3.05, 3.63) is 28.8 Å². The second-order valence-electron chi connectivity index (χ2n) is 6.75. The van der Waals surface area contributed by atoms with Crippen molar-refractivity contribution in [3.63, 3.8) is 0 Å². The van der Waals surface area contributed by atoms with E-state index in [1.54, 1.807) is 18.2 Å². The van der Waals surface area contributed by atoms with Crippen LogP contribution in [0.1, 0.15) is 24.2 Å². The van der Waals surface area contributed by atoms with Crippen LogP contribution in [0.15, 0.2) is 18.2 Å². The van der Waals surface area contributed by atoms with Gasteiger partial charge >= 0.3 is 6.03 Å². The average molecular weight is 383 g/mol. The first-order chi connectivity index (χ1) is 12.4. The molecule has 0 aromatic heterocycles. The van der Waals surface area contributed by atoms with E-state index >= 15 is 0 Å². The Balaban J connectivity index is 1.81. The van der Waals surface area contributed by atoms with Crippen molar-refractivity contribution < 1.29 is 14.3 Å². The van der Waals surface area contributed by atoms with Gasteiger partial charge in [-0.1, -0.05) is 25.4 Å². The molecule has 0 saturated carbocycles. The first-order valence-electron chi connectivity index (χ1n) is 8.79. The fraction of sp³-hybridized carbons (Fsp3) is 0.556. The molecule has 26 heavy (non-hydrogen) atoms. The highest BCUT2D eigenvalue weighted by Crippen LogP contribution is 2.21. The molecule has 2 rings (SSSR count). The van der Waals surface area contributed by atoms with E-state index in [1.807, 2.05) is 0 Å². The van der Waals surface area contributed by atoms with Crippen LogP contribution in [-0.2, 0) is 4.74 Å². The van der Waals surface area contributed by atoms with Gasteiger partial charge in [0.15, 0.2) is 0 Å². The lowest BCUT2D eigenvalue weighted by Crippen LogP contribution is -2.48. The Hall–Kier alpha value is -1.83. The van der Waals surface area contributed by atoms with Gasteiger partial charge in [-0.25, -0.2) is 4.79 Å². The summed E-state index contributed by atoms with van der Waals surface area (Å²) in [5, 5.41) is 8.33. The zero-order valence-corrected chi connectivity index (χ0v) is 16.2. The van der Waals surface area contributed by atoms with E-state index in [1.165, 1.54) is 7.05 Å². The maximum atomic E-state index is 12.1. The number of halogens is 1. The van der Waals surface area contributed by atoms with Crippen molar-refractivity contribution >= 4 is 29.2 Å². The third kappa shape index (κ3) is 6.16. The van der Waals surface area contributed by atoms with Crippen LogP contribution in [0.4, 0.5) is 10.5 Å². The van der Waals surface area contributed by atoms with Crippen LogP contribution in [-0.4, -0.2) is 62.8 Å². The molecule has 1 aliphatic rings. The van der Waals surface area contributed by atoms with Crippen molar-refractivity contribution in [2.75, 3.05) is 45.2 Å². The lowest BCUT2D eigenvalue weighted by Gasteiger charge is -2.33. The van der Waals surface area contributed by atoms with Crippen molar-refractivity contribution in [2.45, 2.75) is 20.0 Å². The maximum Gasteiger partial charge on any atom is 0.319 e. The third-order valence-corrected chi connectivity index (χ3v) is 4.35. The van der Waals surface area contributed by atoms with E-state index in [0.717, 1.165) is 19.6 Å². The molecule has 1 aromatic rings. The first kappa shape index (κ1) is 20.5. The van der Waals surface area contributed by atoms with E-state index in [-0.39, 0.29) is 23.1 Å². The number of amides is 3. The normalized spacial score (nSPS) is 17.8. The number of rotatable bonds is 6. The number of nitrogens with one attached hydrogen (secondary N) is 3. The standard InChI is InChI=1S/C18H27ClN4O3/c1-12(2)10-23-6-7-26-14(11-23)9-21-18(25)22-13-4-5-15(16(19)8-13)17(24)20-3/h4-5,8,12,14H,6-7,9-11H2,1-3H3,(H,20,24)(H2,21,22,25). The van der Waals surface area contributed by atoms with Crippen LogP contribution >= 0.6 is 11.6 Å². The highest BCUT2D eigenvalue weighted by atomic mass is 35.5. The molecular formula is C18H27ClN4O3. The average Bonchev–Trinajstić information content (AvgIpc) is 2.59. The number of anilines is 1. The summed E-state index contributed by atoms with van der Waals surface area (Å²) >= 11 is 6.08. The van der Waals surface area contributed by atoms with Gasteiger partial charge in [0.05, 0.1) is 23.3 Å². The number of morpholine rings is 1. The number of carbonyl (C=O) groups excluding carboxylic acids is 2. The van der Waals surface area contributed by atoms with E-state index in [2.05, 4.69) is 34.7 Å². The monoisotopic (exact) mass is 382 g/mol. The predicted molar refractivity (Wildman–Crippen MR) is 103 cm³/mol. The summed E-state index contributed by atoms with van der Waals surface area (Å²) in [6, 6.07) is 4.42. The number of carbonyl (C=O) groups is 2. The number of ether oxygens (including phenoxy) is 1. The molecule has 1 heterocycles. The van der Waals surface area contributed by atoms with E-state index in [0.29, 0.717) is 30.3 Å². The van der Waals surface area contributed by atoms with Crippen molar-refractivity contribution in [1.82, 2.24) is 15.5 Å². The van der Waals surface area contributed by atoms with E-state index < -0.39 is 0 Å². The highest BCUT2D eigenvalue weighted by Gasteiger charge is 2.21. The minimum Gasteiger partial charge on any atom is -0.374 e. The van der Waals surface area contributed by atoms with Crippen LogP contribution in [0.5, 0.6) is 0 Å². The fourth-order valence-corrected chi connectivity index (χ4v) is 3.15. The minimum absolute atomic E-state index is 0.0209. The second-order valence-corrected chi connectivity index (χ2v) is 7.16. The van der Waals surface area contributed by atoms with Crippen LogP contribution in [0.2, 0.25) is 5.02 Å². The Morgan fingerprint density at radius 3 is 2.81 bits per heavy atom. The zero-order chi connectivity index (χ0) is 19.1. The van der Waals surface area contributed by atoms with Gasteiger partial charge < -0.3 is 20.7 Å².